The van der Waals surface area contributed by atoms with Crippen molar-refractivity contribution in [2.24, 2.45) is 0 Å². The minimum atomic E-state index is -0.131. The van der Waals surface area contributed by atoms with Gasteiger partial charge in [-0.1, -0.05) is 116 Å². The third-order valence-corrected chi connectivity index (χ3v) is 6.53. The maximum Gasteiger partial charge on any atom is 0.126 e. The standard InChI is InChI=1S/2C10H13F.C9H13N.C9H12/c1-7(2)9-4-8(3)5-10(11)6-9;1-7(2)9-6-8(3)4-5-10(9)11;1-7(2)9-4-8(3)5-10-6-9;1-8(2)9-6-4-3-5-7-9/h2*4-7H,1-3H3;4-7H,1-3H3;3-8H,1-2H3. The van der Waals surface area contributed by atoms with Crippen molar-refractivity contribution in [1.82, 2.24) is 4.98 Å². The highest BCUT2D eigenvalue weighted by atomic mass is 19.1. The summed E-state index contributed by atoms with van der Waals surface area (Å²) in [6.45, 7) is 22.8. The van der Waals surface area contributed by atoms with Crippen molar-refractivity contribution >= 4 is 0 Å². The van der Waals surface area contributed by atoms with Crippen LogP contribution >= 0.6 is 0 Å². The molecule has 0 atom stereocenters. The number of halogens is 2. The third kappa shape index (κ3) is 14.2. The first-order chi connectivity index (χ1) is 19.2. The highest BCUT2D eigenvalue weighted by Gasteiger charge is 2.05. The second-order valence-corrected chi connectivity index (χ2v) is 11.9. The summed E-state index contributed by atoms with van der Waals surface area (Å²) in [7, 11) is 0. The second-order valence-electron chi connectivity index (χ2n) is 11.9. The average molecular weight is 560 g/mol. The van der Waals surface area contributed by atoms with Gasteiger partial charge in [-0.05, 0) is 96.0 Å². The zero-order valence-corrected chi connectivity index (χ0v) is 27.1. The van der Waals surface area contributed by atoms with Gasteiger partial charge in [0, 0.05) is 12.4 Å². The van der Waals surface area contributed by atoms with Crippen LogP contribution in [0.15, 0.2) is 85.2 Å². The number of nitrogens with zero attached hydrogens (tertiary/aromatic N) is 1. The fraction of sp³-hybridized carbons (Fsp3) is 0.395. The summed E-state index contributed by atoms with van der Waals surface area (Å²) < 4.78 is 25.8. The van der Waals surface area contributed by atoms with Crippen molar-refractivity contribution in [1.29, 1.82) is 0 Å². The molecule has 41 heavy (non-hydrogen) atoms. The lowest BCUT2D eigenvalue weighted by atomic mass is 10.0. The molecule has 0 aliphatic rings. The first-order valence-corrected chi connectivity index (χ1v) is 14.7. The summed E-state index contributed by atoms with van der Waals surface area (Å²) in [5.74, 6) is 1.71. The fourth-order valence-corrected chi connectivity index (χ4v) is 3.94. The van der Waals surface area contributed by atoms with Crippen molar-refractivity contribution in [2.45, 2.75) is 99.8 Å². The Morgan fingerprint density at radius 1 is 0.488 bits per heavy atom. The number of aryl methyl sites for hydroxylation is 3. The van der Waals surface area contributed by atoms with Crippen molar-refractivity contribution in [3.05, 3.63) is 136 Å². The lowest BCUT2D eigenvalue weighted by Crippen LogP contribution is -1.92. The highest BCUT2D eigenvalue weighted by Crippen LogP contribution is 2.19. The summed E-state index contributed by atoms with van der Waals surface area (Å²) in [5.41, 5.74) is 7.97. The van der Waals surface area contributed by atoms with E-state index in [0.717, 1.165) is 22.3 Å². The molecule has 0 aliphatic heterocycles. The van der Waals surface area contributed by atoms with E-state index >= 15 is 0 Å². The number of hydrogen-bond donors (Lipinski definition) is 0. The lowest BCUT2D eigenvalue weighted by Gasteiger charge is -2.06. The van der Waals surface area contributed by atoms with Gasteiger partial charge in [0.2, 0.25) is 0 Å². The van der Waals surface area contributed by atoms with Gasteiger partial charge < -0.3 is 0 Å². The van der Waals surface area contributed by atoms with Gasteiger partial charge in [-0.25, -0.2) is 8.78 Å². The average Bonchev–Trinajstić information content (AvgIpc) is 2.91. The van der Waals surface area contributed by atoms with E-state index in [1.54, 1.807) is 18.2 Å². The molecular formula is C38H51F2N. The Morgan fingerprint density at radius 2 is 1.05 bits per heavy atom. The molecule has 4 aromatic rings. The minimum absolute atomic E-state index is 0.0920. The summed E-state index contributed by atoms with van der Waals surface area (Å²) in [6.07, 6.45) is 3.81. The molecule has 0 saturated carbocycles. The van der Waals surface area contributed by atoms with Crippen LogP contribution in [0.1, 0.15) is 118 Å². The van der Waals surface area contributed by atoms with Crippen LogP contribution in [0.3, 0.4) is 0 Å². The van der Waals surface area contributed by atoms with Crippen LogP contribution < -0.4 is 0 Å². The van der Waals surface area contributed by atoms with Crippen LogP contribution in [0.2, 0.25) is 0 Å². The molecule has 3 aromatic carbocycles. The first kappa shape index (κ1) is 35.7. The van der Waals surface area contributed by atoms with Gasteiger partial charge in [0.05, 0.1) is 0 Å². The third-order valence-electron chi connectivity index (χ3n) is 6.53. The Balaban J connectivity index is 0.000000274. The van der Waals surface area contributed by atoms with Crippen molar-refractivity contribution in [3.8, 4) is 0 Å². The molecule has 0 unspecified atom stereocenters. The van der Waals surface area contributed by atoms with E-state index in [1.165, 1.54) is 22.8 Å². The zero-order valence-electron chi connectivity index (χ0n) is 27.1. The predicted molar refractivity (Wildman–Crippen MR) is 174 cm³/mol. The summed E-state index contributed by atoms with van der Waals surface area (Å²) >= 11 is 0. The number of pyridine rings is 1. The van der Waals surface area contributed by atoms with Crippen LogP contribution in [-0.2, 0) is 0 Å². The molecule has 3 heteroatoms. The number of rotatable bonds is 4. The molecule has 0 fully saturated rings. The van der Waals surface area contributed by atoms with Crippen LogP contribution in [0, 0.1) is 32.4 Å². The van der Waals surface area contributed by atoms with Crippen molar-refractivity contribution < 1.29 is 8.78 Å². The molecule has 0 saturated heterocycles. The molecule has 0 N–H and O–H groups in total. The Hall–Kier alpha value is -3.33. The molecule has 4 rings (SSSR count). The van der Waals surface area contributed by atoms with Gasteiger partial charge >= 0.3 is 0 Å². The molecule has 0 bridgehead atoms. The molecule has 0 spiro atoms. The normalized spacial score (nSPS) is 10.5. The molecular weight excluding hydrogens is 508 g/mol. The second kappa shape index (κ2) is 18.2. The topological polar surface area (TPSA) is 12.9 Å². The summed E-state index contributed by atoms with van der Waals surface area (Å²) in [5, 5.41) is 0. The Labute approximate surface area is 249 Å². The molecule has 1 nitrogen and oxygen atoms in total. The molecule has 0 amide bonds. The van der Waals surface area contributed by atoms with Gasteiger partial charge in [0.15, 0.2) is 0 Å². The maximum atomic E-state index is 13.0. The molecule has 222 valence electrons. The highest BCUT2D eigenvalue weighted by molar-refractivity contribution is 5.27. The Bertz CT molecular complexity index is 1270. The van der Waals surface area contributed by atoms with E-state index in [-0.39, 0.29) is 17.6 Å². The van der Waals surface area contributed by atoms with Crippen LogP contribution in [0.5, 0.6) is 0 Å². The van der Waals surface area contributed by atoms with E-state index in [0.29, 0.717) is 17.8 Å². The van der Waals surface area contributed by atoms with E-state index in [2.05, 4.69) is 83.8 Å². The molecule has 0 radical (unpaired) electrons. The molecule has 1 aromatic heterocycles. The SMILES string of the molecule is CC(C)c1ccccc1.Cc1cc(F)cc(C(C)C)c1.Cc1ccc(F)c(C(C)C)c1.Cc1cncc(C(C)C)c1. The Kier molecular flexibility index (Phi) is 15.8. The van der Waals surface area contributed by atoms with E-state index < -0.39 is 0 Å². The van der Waals surface area contributed by atoms with Gasteiger partial charge in [-0.3, -0.25) is 4.98 Å². The minimum Gasteiger partial charge on any atom is -0.264 e. The fourth-order valence-electron chi connectivity index (χ4n) is 3.94. The van der Waals surface area contributed by atoms with Gasteiger partial charge in [-0.2, -0.15) is 0 Å². The van der Waals surface area contributed by atoms with Crippen LogP contribution in [0.25, 0.3) is 0 Å². The zero-order chi connectivity index (χ0) is 31.1. The van der Waals surface area contributed by atoms with Gasteiger partial charge in [0.1, 0.15) is 11.6 Å². The molecule has 1 heterocycles. The van der Waals surface area contributed by atoms with Gasteiger partial charge in [0.25, 0.3) is 0 Å². The van der Waals surface area contributed by atoms with Crippen molar-refractivity contribution in [3.63, 3.8) is 0 Å². The first-order valence-electron chi connectivity index (χ1n) is 14.7. The van der Waals surface area contributed by atoms with E-state index in [4.69, 9.17) is 0 Å². The number of benzene rings is 3. The molecule has 0 aliphatic carbocycles. The predicted octanol–water partition coefficient (Wildman–Crippen LogP) is 11.8. The summed E-state index contributed by atoms with van der Waals surface area (Å²) in [4.78, 5) is 4.11. The van der Waals surface area contributed by atoms with E-state index in [9.17, 15) is 8.78 Å². The van der Waals surface area contributed by atoms with Crippen LogP contribution in [-0.4, -0.2) is 4.98 Å². The number of hydrogen-bond acceptors (Lipinski definition) is 1. The maximum absolute atomic E-state index is 13.0. The summed E-state index contributed by atoms with van der Waals surface area (Å²) in [6, 6.07) is 23.1. The van der Waals surface area contributed by atoms with E-state index in [1.807, 2.05) is 58.3 Å². The largest absolute Gasteiger partial charge is 0.264 e. The monoisotopic (exact) mass is 559 g/mol. The Morgan fingerprint density at radius 3 is 1.46 bits per heavy atom. The van der Waals surface area contributed by atoms with Gasteiger partial charge in [-0.15, -0.1) is 0 Å². The smallest absolute Gasteiger partial charge is 0.126 e. The van der Waals surface area contributed by atoms with Crippen molar-refractivity contribution in [2.75, 3.05) is 0 Å². The quantitative estimate of drug-likeness (QED) is 0.242. The number of aromatic nitrogens is 1. The van der Waals surface area contributed by atoms with Crippen LogP contribution in [0.4, 0.5) is 8.78 Å². The lowest BCUT2D eigenvalue weighted by molar-refractivity contribution is 0.597.